The quantitative estimate of drug-likeness (QED) is 0.773. The Labute approximate surface area is 133 Å². The van der Waals surface area contributed by atoms with E-state index in [1.165, 1.54) is 18.2 Å². The zero-order valence-corrected chi connectivity index (χ0v) is 12.8. The van der Waals surface area contributed by atoms with E-state index in [0.717, 1.165) is 25.7 Å². The molecule has 1 atom stereocenters. The third-order valence-corrected chi connectivity index (χ3v) is 4.50. The Kier molecular flexibility index (Phi) is 4.80. The lowest BCUT2D eigenvalue weighted by Crippen LogP contribution is -2.35. The molecule has 2 aliphatic carbocycles. The number of halogens is 2. The fourth-order valence-corrected chi connectivity index (χ4v) is 3.05. The van der Waals surface area contributed by atoms with E-state index in [1.807, 2.05) is 0 Å². The van der Waals surface area contributed by atoms with Crippen molar-refractivity contribution in [1.29, 1.82) is 0 Å². The molecule has 0 heterocycles. The highest BCUT2D eigenvalue weighted by Gasteiger charge is 2.45. The number of aliphatic hydroxyl groups is 1. The van der Waals surface area contributed by atoms with Crippen LogP contribution in [0, 0.1) is 17.8 Å². The maximum Gasteiger partial charge on any atom is 0.387 e. The van der Waals surface area contributed by atoms with Gasteiger partial charge in [-0.2, -0.15) is 8.78 Å². The number of nitrogens with one attached hydrogen (secondary N) is 1. The predicted molar refractivity (Wildman–Crippen MR) is 80.0 cm³/mol. The van der Waals surface area contributed by atoms with Gasteiger partial charge in [0, 0.05) is 12.5 Å². The molecule has 23 heavy (non-hydrogen) atoms. The van der Waals surface area contributed by atoms with Crippen molar-refractivity contribution in [3.05, 3.63) is 29.8 Å². The van der Waals surface area contributed by atoms with Crippen LogP contribution in [0.5, 0.6) is 5.75 Å². The highest BCUT2D eigenvalue weighted by Crippen LogP contribution is 2.49. The summed E-state index contributed by atoms with van der Waals surface area (Å²) < 4.78 is 28.8. The topological polar surface area (TPSA) is 58.6 Å². The first-order valence-corrected chi connectivity index (χ1v) is 8.05. The summed E-state index contributed by atoms with van der Waals surface area (Å²) in [6, 6.07) is 5.92. The van der Waals surface area contributed by atoms with Crippen LogP contribution in [0.4, 0.5) is 8.78 Å². The minimum atomic E-state index is -2.90. The molecule has 4 nitrogen and oxygen atoms in total. The van der Waals surface area contributed by atoms with Gasteiger partial charge in [0.05, 0.1) is 6.10 Å². The molecule has 126 valence electrons. The van der Waals surface area contributed by atoms with E-state index in [-0.39, 0.29) is 24.1 Å². The molecule has 1 amide bonds. The van der Waals surface area contributed by atoms with Crippen molar-refractivity contribution in [2.75, 3.05) is 6.54 Å². The van der Waals surface area contributed by atoms with Gasteiger partial charge < -0.3 is 15.2 Å². The van der Waals surface area contributed by atoms with E-state index >= 15 is 0 Å². The SMILES string of the molecule is O=C(NCC(O)c1cccc(OC(F)F)c1)C(C1CC1)C1CC1. The highest BCUT2D eigenvalue weighted by atomic mass is 19.3. The maximum absolute atomic E-state index is 12.3. The van der Waals surface area contributed by atoms with Crippen molar-refractivity contribution < 1.29 is 23.4 Å². The van der Waals surface area contributed by atoms with Crippen LogP contribution in [-0.2, 0) is 4.79 Å². The van der Waals surface area contributed by atoms with Crippen LogP contribution in [0.1, 0.15) is 37.4 Å². The van der Waals surface area contributed by atoms with Gasteiger partial charge in [-0.3, -0.25) is 4.79 Å². The lowest BCUT2D eigenvalue weighted by molar-refractivity contribution is -0.126. The number of carbonyl (C=O) groups is 1. The predicted octanol–water partition coefficient (Wildman–Crippen LogP) is 2.87. The number of hydrogen-bond donors (Lipinski definition) is 2. The summed E-state index contributed by atoms with van der Waals surface area (Å²) in [7, 11) is 0. The number of carbonyl (C=O) groups excluding carboxylic acids is 1. The van der Waals surface area contributed by atoms with Gasteiger partial charge in [-0.05, 0) is 55.2 Å². The minimum absolute atomic E-state index is 0.00304. The molecule has 6 heteroatoms. The fraction of sp³-hybridized carbons (Fsp3) is 0.588. The highest BCUT2D eigenvalue weighted by molar-refractivity contribution is 5.80. The number of hydrogen-bond acceptors (Lipinski definition) is 3. The lowest BCUT2D eigenvalue weighted by atomic mass is 9.97. The molecule has 0 saturated heterocycles. The van der Waals surface area contributed by atoms with E-state index in [9.17, 15) is 18.7 Å². The van der Waals surface area contributed by atoms with Crippen LogP contribution < -0.4 is 10.1 Å². The van der Waals surface area contributed by atoms with E-state index in [1.54, 1.807) is 6.07 Å². The average molecular weight is 325 g/mol. The summed E-state index contributed by atoms with van der Waals surface area (Å²) in [6.45, 7) is -2.83. The van der Waals surface area contributed by atoms with Crippen LogP contribution in [-0.4, -0.2) is 24.2 Å². The van der Waals surface area contributed by atoms with Crippen molar-refractivity contribution in [2.45, 2.75) is 38.4 Å². The van der Waals surface area contributed by atoms with Crippen molar-refractivity contribution in [3.63, 3.8) is 0 Å². The number of aliphatic hydroxyl groups excluding tert-OH is 1. The van der Waals surface area contributed by atoms with Crippen molar-refractivity contribution in [2.24, 2.45) is 17.8 Å². The lowest BCUT2D eigenvalue weighted by Gasteiger charge is -2.18. The minimum Gasteiger partial charge on any atom is -0.435 e. The molecule has 2 aliphatic rings. The van der Waals surface area contributed by atoms with Gasteiger partial charge >= 0.3 is 6.61 Å². The summed E-state index contributed by atoms with van der Waals surface area (Å²) >= 11 is 0. The Bertz CT molecular complexity index is 547. The molecule has 0 radical (unpaired) electrons. The zero-order valence-electron chi connectivity index (χ0n) is 12.8. The van der Waals surface area contributed by atoms with Crippen LogP contribution in [0.3, 0.4) is 0 Å². The molecule has 0 aromatic heterocycles. The number of rotatable bonds is 8. The molecule has 0 aliphatic heterocycles. The Hall–Kier alpha value is -1.69. The van der Waals surface area contributed by atoms with Gasteiger partial charge in [0.15, 0.2) is 0 Å². The molecule has 0 bridgehead atoms. The summed E-state index contributed by atoms with van der Waals surface area (Å²) in [5.74, 6) is 1.09. The fourth-order valence-electron chi connectivity index (χ4n) is 3.05. The molecular formula is C17H21F2NO3. The first-order chi connectivity index (χ1) is 11.0. The second-order valence-electron chi connectivity index (χ2n) is 6.41. The molecule has 2 fully saturated rings. The first kappa shape index (κ1) is 16.2. The molecule has 1 aromatic rings. The first-order valence-electron chi connectivity index (χ1n) is 8.05. The van der Waals surface area contributed by atoms with Gasteiger partial charge in [0.1, 0.15) is 5.75 Å². The van der Waals surface area contributed by atoms with Crippen LogP contribution in [0.15, 0.2) is 24.3 Å². The van der Waals surface area contributed by atoms with Crippen LogP contribution in [0.25, 0.3) is 0 Å². The van der Waals surface area contributed by atoms with Gasteiger partial charge in [-0.15, -0.1) is 0 Å². The molecule has 2 saturated carbocycles. The standard InChI is InChI=1S/C17H21F2NO3/c18-17(19)23-13-3-1-2-12(8-13)14(21)9-20-16(22)15(10-4-5-10)11-6-7-11/h1-3,8,10-11,14-15,17,21H,4-7,9H2,(H,20,22). The zero-order chi connectivity index (χ0) is 16.4. The summed E-state index contributed by atoms with van der Waals surface area (Å²) in [5, 5.41) is 13.0. The maximum atomic E-state index is 12.3. The van der Waals surface area contributed by atoms with E-state index in [4.69, 9.17) is 0 Å². The van der Waals surface area contributed by atoms with Gasteiger partial charge in [-0.25, -0.2) is 0 Å². The smallest absolute Gasteiger partial charge is 0.387 e. The van der Waals surface area contributed by atoms with E-state index in [0.29, 0.717) is 17.4 Å². The molecular weight excluding hydrogens is 304 g/mol. The van der Waals surface area contributed by atoms with Gasteiger partial charge in [0.2, 0.25) is 5.91 Å². The Balaban J connectivity index is 1.54. The van der Waals surface area contributed by atoms with E-state index in [2.05, 4.69) is 10.1 Å². The second kappa shape index (κ2) is 6.83. The average Bonchev–Trinajstić information content (AvgIpc) is 3.39. The van der Waals surface area contributed by atoms with Crippen molar-refractivity contribution in [1.82, 2.24) is 5.32 Å². The number of amides is 1. The molecule has 1 aromatic carbocycles. The normalized spacial score (nSPS) is 19.0. The van der Waals surface area contributed by atoms with Gasteiger partial charge in [-0.1, -0.05) is 12.1 Å². The van der Waals surface area contributed by atoms with Crippen molar-refractivity contribution in [3.8, 4) is 5.75 Å². The summed E-state index contributed by atoms with van der Waals surface area (Å²) in [5.41, 5.74) is 0.442. The third kappa shape index (κ3) is 4.41. The molecule has 1 unspecified atom stereocenters. The Morgan fingerprint density at radius 3 is 2.48 bits per heavy atom. The number of benzene rings is 1. The van der Waals surface area contributed by atoms with Gasteiger partial charge in [0.25, 0.3) is 0 Å². The van der Waals surface area contributed by atoms with Crippen molar-refractivity contribution >= 4 is 5.91 Å². The molecule has 2 N–H and O–H groups in total. The number of ether oxygens (including phenoxy) is 1. The molecule has 3 rings (SSSR count). The molecule has 0 spiro atoms. The second-order valence-corrected chi connectivity index (χ2v) is 6.41. The monoisotopic (exact) mass is 325 g/mol. The van der Waals surface area contributed by atoms with Crippen LogP contribution >= 0.6 is 0 Å². The number of alkyl halides is 2. The Morgan fingerprint density at radius 1 is 1.26 bits per heavy atom. The van der Waals surface area contributed by atoms with E-state index < -0.39 is 12.7 Å². The third-order valence-electron chi connectivity index (χ3n) is 4.50. The van der Waals surface area contributed by atoms with Crippen LogP contribution in [0.2, 0.25) is 0 Å². The Morgan fingerprint density at radius 2 is 1.91 bits per heavy atom. The summed E-state index contributed by atoms with van der Waals surface area (Å²) in [4.78, 5) is 12.3. The largest absolute Gasteiger partial charge is 0.435 e. The summed E-state index contributed by atoms with van der Waals surface area (Å²) in [6.07, 6.45) is 3.52.